The molecule has 1 nitrogen and oxygen atoms in total. The number of alkyl halides is 3. The Morgan fingerprint density at radius 2 is 2.00 bits per heavy atom. The molecule has 0 aliphatic heterocycles. The summed E-state index contributed by atoms with van der Waals surface area (Å²) in [5.41, 5.74) is 0. The maximum absolute atomic E-state index is 12.2. The van der Waals surface area contributed by atoms with Crippen molar-refractivity contribution in [2.75, 3.05) is 0 Å². The Balaban J connectivity index is 2.55. The smallest absolute Gasteiger partial charge is 0.198 e. The van der Waals surface area contributed by atoms with E-state index in [0.717, 1.165) is 6.42 Å². The molecular weight excluding hydrogens is 167 g/mol. The molecule has 1 saturated carbocycles. The van der Waals surface area contributed by atoms with Crippen LogP contribution in [0.25, 0.3) is 0 Å². The van der Waals surface area contributed by atoms with Crippen molar-refractivity contribution in [3.05, 3.63) is 0 Å². The summed E-state index contributed by atoms with van der Waals surface area (Å²) >= 11 is 0. The summed E-state index contributed by atoms with van der Waals surface area (Å²) < 4.78 is 36.7. The van der Waals surface area contributed by atoms with Gasteiger partial charge in [0.25, 0.3) is 0 Å². The van der Waals surface area contributed by atoms with Crippen molar-refractivity contribution < 1.29 is 13.2 Å². The molecule has 0 amide bonds. The first kappa shape index (κ1) is 9.37. The highest BCUT2D eigenvalue weighted by Crippen LogP contribution is 2.43. The van der Waals surface area contributed by atoms with Gasteiger partial charge in [-0.05, 0) is 18.8 Å². The predicted molar refractivity (Wildman–Crippen MR) is 37.1 cm³/mol. The van der Waals surface area contributed by atoms with E-state index >= 15 is 0 Å². The van der Waals surface area contributed by atoms with Crippen molar-refractivity contribution >= 4 is 0 Å². The summed E-state index contributed by atoms with van der Waals surface area (Å²) in [5.74, 6) is -1.67. The van der Waals surface area contributed by atoms with Gasteiger partial charge in [0.1, 0.15) is 0 Å². The minimum absolute atomic E-state index is 0.287. The van der Waals surface area contributed by atoms with E-state index in [0.29, 0.717) is 12.8 Å². The SMILES string of the molecule is N#CCC(C1CCC1)C(F)(F)F. The molecule has 1 aliphatic rings. The van der Waals surface area contributed by atoms with Crippen LogP contribution in [-0.2, 0) is 0 Å². The molecule has 0 saturated heterocycles. The van der Waals surface area contributed by atoms with Crippen LogP contribution in [0, 0.1) is 23.2 Å². The summed E-state index contributed by atoms with van der Waals surface area (Å²) in [7, 11) is 0. The molecule has 1 fully saturated rings. The zero-order valence-corrected chi connectivity index (χ0v) is 6.56. The van der Waals surface area contributed by atoms with E-state index < -0.39 is 12.1 Å². The van der Waals surface area contributed by atoms with Gasteiger partial charge >= 0.3 is 6.18 Å². The van der Waals surface area contributed by atoms with Crippen molar-refractivity contribution in [2.24, 2.45) is 11.8 Å². The summed E-state index contributed by atoms with van der Waals surface area (Å²) in [6.07, 6.45) is -2.42. The van der Waals surface area contributed by atoms with Crippen molar-refractivity contribution in [1.29, 1.82) is 5.26 Å². The van der Waals surface area contributed by atoms with E-state index in [-0.39, 0.29) is 12.3 Å². The Bertz CT molecular complexity index is 187. The average Bonchev–Trinajstić information content (AvgIpc) is 1.80. The number of hydrogen-bond donors (Lipinski definition) is 0. The standard InChI is InChI=1S/C8H10F3N/c9-8(10,11)7(4-5-12)6-2-1-3-6/h6-7H,1-4H2. The molecule has 1 rings (SSSR count). The lowest BCUT2D eigenvalue weighted by molar-refractivity contribution is -0.194. The number of rotatable bonds is 2. The van der Waals surface area contributed by atoms with Gasteiger partial charge in [0.05, 0.1) is 12.0 Å². The van der Waals surface area contributed by atoms with Crippen molar-refractivity contribution in [2.45, 2.75) is 31.9 Å². The first-order valence-electron chi connectivity index (χ1n) is 3.99. The van der Waals surface area contributed by atoms with Crippen LogP contribution in [0.2, 0.25) is 0 Å². The van der Waals surface area contributed by atoms with Crippen molar-refractivity contribution in [3.8, 4) is 6.07 Å². The third kappa shape index (κ3) is 1.90. The van der Waals surface area contributed by atoms with Crippen LogP contribution < -0.4 is 0 Å². The number of nitriles is 1. The minimum Gasteiger partial charge on any atom is -0.198 e. The molecule has 4 heteroatoms. The topological polar surface area (TPSA) is 23.8 Å². The quantitative estimate of drug-likeness (QED) is 0.636. The van der Waals surface area contributed by atoms with E-state index in [9.17, 15) is 13.2 Å². The van der Waals surface area contributed by atoms with Gasteiger partial charge in [-0.1, -0.05) is 6.42 Å². The van der Waals surface area contributed by atoms with E-state index in [2.05, 4.69) is 0 Å². The molecule has 0 N–H and O–H groups in total. The number of nitrogens with zero attached hydrogens (tertiary/aromatic N) is 1. The molecule has 1 unspecified atom stereocenters. The molecule has 0 heterocycles. The third-order valence-corrected chi connectivity index (χ3v) is 2.45. The molecule has 0 aromatic heterocycles. The van der Waals surface area contributed by atoms with E-state index in [1.54, 1.807) is 6.07 Å². The third-order valence-electron chi connectivity index (χ3n) is 2.45. The zero-order valence-electron chi connectivity index (χ0n) is 6.56. The van der Waals surface area contributed by atoms with E-state index in [4.69, 9.17) is 5.26 Å². The highest BCUT2D eigenvalue weighted by Gasteiger charge is 2.45. The van der Waals surface area contributed by atoms with Gasteiger partial charge in [-0.15, -0.1) is 0 Å². The van der Waals surface area contributed by atoms with Gasteiger partial charge in [-0.25, -0.2) is 0 Å². The fraction of sp³-hybridized carbons (Fsp3) is 0.875. The van der Waals surface area contributed by atoms with Crippen LogP contribution in [0.15, 0.2) is 0 Å². The Kier molecular flexibility index (Phi) is 2.61. The van der Waals surface area contributed by atoms with Crippen LogP contribution in [0.4, 0.5) is 13.2 Å². The average molecular weight is 177 g/mol. The summed E-state index contributed by atoms with van der Waals surface area (Å²) in [5, 5.41) is 8.22. The molecule has 0 aromatic carbocycles. The molecule has 1 atom stereocenters. The first-order valence-corrected chi connectivity index (χ1v) is 3.99. The Morgan fingerprint density at radius 3 is 2.25 bits per heavy atom. The van der Waals surface area contributed by atoms with Gasteiger partial charge < -0.3 is 0 Å². The van der Waals surface area contributed by atoms with Crippen molar-refractivity contribution in [3.63, 3.8) is 0 Å². The second-order valence-electron chi connectivity index (χ2n) is 3.20. The zero-order chi connectivity index (χ0) is 9.19. The number of halogens is 3. The Labute approximate surface area is 69.2 Å². The van der Waals surface area contributed by atoms with Gasteiger partial charge in [0.2, 0.25) is 0 Å². The van der Waals surface area contributed by atoms with Crippen LogP contribution in [-0.4, -0.2) is 6.18 Å². The van der Waals surface area contributed by atoms with Crippen LogP contribution in [0.1, 0.15) is 25.7 Å². The Hall–Kier alpha value is -0.720. The largest absolute Gasteiger partial charge is 0.393 e. The Morgan fingerprint density at radius 1 is 1.42 bits per heavy atom. The van der Waals surface area contributed by atoms with Crippen LogP contribution in [0.3, 0.4) is 0 Å². The van der Waals surface area contributed by atoms with Gasteiger partial charge in [0, 0.05) is 6.42 Å². The molecule has 1 aliphatic carbocycles. The summed E-state index contributed by atoms with van der Waals surface area (Å²) in [4.78, 5) is 0. The summed E-state index contributed by atoms with van der Waals surface area (Å²) in [6, 6.07) is 1.60. The highest BCUT2D eigenvalue weighted by molar-refractivity contribution is 4.88. The lowest BCUT2D eigenvalue weighted by Crippen LogP contribution is -2.33. The second kappa shape index (κ2) is 3.34. The molecule has 68 valence electrons. The molecule has 0 aromatic rings. The van der Waals surface area contributed by atoms with Gasteiger partial charge in [-0.3, -0.25) is 0 Å². The molecule has 0 bridgehead atoms. The van der Waals surface area contributed by atoms with Crippen LogP contribution in [0.5, 0.6) is 0 Å². The molecular formula is C8H10F3N. The van der Waals surface area contributed by atoms with E-state index in [1.165, 1.54) is 0 Å². The second-order valence-corrected chi connectivity index (χ2v) is 3.20. The maximum atomic E-state index is 12.2. The summed E-state index contributed by atoms with van der Waals surface area (Å²) in [6.45, 7) is 0. The van der Waals surface area contributed by atoms with E-state index in [1.807, 2.05) is 0 Å². The number of hydrogen-bond acceptors (Lipinski definition) is 1. The predicted octanol–water partition coefficient (Wildman–Crippen LogP) is 2.88. The first-order chi connectivity index (χ1) is 5.55. The van der Waals surface area contributed by atoms with Crippen molar-refractivity contribution in [1.82, 2.24) is 0 Å². The van der Waals surface area contributed by atoms with Gasteiger partial charge in [0.15, 0.2) is 0 Å². The molecule has 0 radical (unpaired) electrons. The fourth-order valence-electron chi connectivity index (χ4n) is 1.49. The van der Waals surface area contributed by atoms with Crippen LogP contribution >= 0.6 is 0 Å². The maximum Gasteiger partial charge on any atom is 0.393 e. The molecule has 0 spiro atoms. The lowest BCUT2D eigenvalue weighted by atomic mass is 9.74. The highest BCUT2D eigenvalue weighted by atomic mass is 19.4. The fourth-order valence-corrected chi connectivity index (χ4v) is 1.49. The minimum atomic E-state index is -4.18. The van der Waals surface area contributed by atoms with Gasteiger partial charge in [-0.2, -0.15) is 18.4 Å². The lowest BCUT2D eigenvalue weighted by Gasteiger charge is -2.33. The monoisotopic (exact) mass is 177 g/mol. The normalized spacial score (nSPS) is 21.2. The molecule has 12 heavy (non-hydrogen) atoms.